The fourth-order valence-corrected chi connectivity index (χ4v) is 4.82. The largest absolute Gasteiger partial charge is 0.366 e. The lowest BCUT2D eigenvalue weighted by atomic mass is 9.62. The van der Waals surface area contributed by atoms with Gasteiger partial charge in [0, 0.05) is 23.5 Å². The van der Waals surface area contributed by atoms with Gasteiger partial charge in [-0.2, -0.15) is 0 Å². The van der Waals surface area contributed by atoms with E-state index in [0.717, 1.165) is 30.8 Å². The lowest BCUT2D eigenvalue weighted by Crippen LogP contribution is -2.34. The molecular formula is C25H36N2O. The lowest BCUT2D eigenvalue weighted by molar-refractivity contribution is 0.0999. The maximum atomic E-state index is 12.0. The summed E-state index contributed by atoms with van der Waals surface area (Å²) in [7, 11) is 0. The zero-order valence-corrected chi connectivity index (χ0v) is 18.7. The van der Waals surface area contributed by atoms with Crippen LogP contribution in [0.3, 0.4) is 0 Å². The van der Waals surface area contributed by atoms with Gasteiger partial charge in [0.1, 0.15) is 0 Å². The number of nitrogens with zero attached hydrogens (tertiary/aromatic N) is 1. The van der Waals surface area contributed by atoms with Crippen molar-refractivity contribution in [3.63, 3.8) is 0 Å². The molecule has 1 aromatic heterocycles. The van der Waals surface area contributed by atoms with Crippen LogP contribution in [0.5, 0.6) is 0 Å². The molecule has 0 spiro atoms. The minimum atomic E-state index is -0.342. The van der Waals surface area contributed by atoms with Gasteiger partial charge < -0.3 is 10.3 Å². The van der Waals surface area contributed by atoms with Gasteiger partial charge in [0.15, 0.2) is 0 Å². The Morgan fingerprint density at radius 2 is 1.61 bits per heavy atom. The van der Waals surface area contributed by atoms with Crippen molar-refractivity contribution in [2.75, 3.05) is 0 Å². The average Bonchev–Trinajstić information content (AvgIpc) is 2.95. The molecule has 0 saturated carbocycles. The highest BCUT2D eigenvalue weighted by Gasteiger charge is 2.38. The number of primary amides is 1. The molecule has 2 aromatic rings. The summed E-state index contributed by atoms with van der Waals surface area (Å²) >= 11 is 0. The number of benzene rings is 1. The Kier molecular flexibility index (Phi) is 5.24. The molecule has 28 heavy (non-hydrogen) atoms. The minimum Gasteiger partial charge on any atom is -0.366 e. The molecule has 0 fully saturated rings. The summed E-state index contributed by atoms with van der Waals surface area (Å²) in [6.45, 7) is 16.8. The molecule has 0 unspecified atom stereocenters. The van der Waals surface area contributed by atoms with Crippen molar-refractivity contribution < 1.29 is 4.79 Å². The second-order valence-electron chi connectivity index (χ2n) is 9.72. The van der Waals surface area contributed by atoms with Crippen molar-refractivity contribution in [2.45, 2.75) is 91.5 Å². The quantitative estimate of drug-likeness (QED) is 0.691. The van der Waals surface area contributed by atoms with Crippen LogP contribution in [0.4, 0.5) is 0 Å². The van der Waals surface area contributed by atoms with E-state index in [-0.39, 0.29) is 16.7 Å². The molecule has 1 aromatic carbocycles. The van der Waals surface area contributed by atoms with E-state index in [0.29, 0.717) is 5.56 Å². The Balaban J connectivity index is 2.32. The highest BCUT2D eigenvalue weighted by atomic mass is 16.1. The van der Waals surface area contributed by atoms with Gasteiger partial charge in [0.05, 0.1) is 5.56 Å². The summed E-state index contributed by atoms with van der Waals surface area (Å²) in [5.41, 5.74) is 14.4. The summed E-state index contributed by atoms with van der Waals surface area (Å²) < 4.78 is 2.28. The van der Waals surface area contributed by atoms with E-state index >= 15 is 0 Å². The van der Waals surface area contributed by atoms with Crippen LogP contribution in [0, 0.1) is 6.92 Å². The Morgan fingerprint density at radius 3 is 2.11 bits per heavy atom. The SMILES string of the molecule is CCCn1c(-c2cc3c(cc2CC)C(C)(C)CCC3(C)C)cc(C(N)=O)c1C. The van der Waals surface area contributed by atoms with Crippen molar-refractivity contribution in [1.29, 1.82) is 0 Å². The maximum Gasteiger partial charge on any atom is 0.250 e. The van der Waals surface area contributed by atoms with Crippen LogP contribution in [-0.2, 0) is 23.8 Å². The topological polar surface area (TPSA) is 48.0 Å². The summed E-state index contributed by atoms with van der Waals surface area (Å²) in [6.07, 6.45) is 4.40. The van der Waals surface area contributed by atoms with Crippen LogP contribution in [0.2, 0.25) is 0 Å². The average molecular weight is 381 g/mol. The van der Waals surface area contributed by atoms with Gasteiger partial charge in [0.2, 0.25) is 0 Å². The van der Waals surface area contributed by atoms with Gasteiger partial charge in [-0.3, -0.25) is 4.79 Å². The minimum absolute atomic E-state index is 0.162. The van der Waals surface area contributed by atoms with Crippen molar-refractivity contribution in [1.82, 2.24) is 4.57 Å². The number of hydrogen-bond donors (Lipinski definition) is 1. The highest BCUT2D eigenvalue weighted by molar-refractivity contribution is 5.96. The number of carbonyl (C=O) groups excluding carboxylic acids is 1. The van der Waals surface area contributed by atoms with Crippen LogP contribution in [0.25, 0.3) is 11.3 Å². The van der Waals surface area contributed by atoms with E-state index < -0.39 is 0 Å². The molecule has 1 amide bonds. The Morgan fingerprint density at radius 1 is 1.04 bits per heavy atom. The summed E-state index contributed by atoms with van der Waals surface area (Å²) in [4.78, 5) is 12.0. The third-order valence-electron chi connectivity index (χ3n) is 6.81. The van der Waals surface area contributed by atoms with Gasteiger partial charge in [-0.1, -0.05) is 47.6 Å². The molecule has 3 heteroatoms. The van der Waals surface area contributed by atoms with Crippen molar-refractivity contribution in [3.8, 4) is 11.3 Å². The Labute approximate surface area is 170 Å². The number of amides is 1. The van der Waals surface area contributed by atoms with E-state index in [9.17, 15) is 4.79 Å². The zero-order chi connectivity index (χ0) is 20.9. The van der Waals surface area contributed by atoms with E-state index in [1.165, 1.54) is 35.1 Å². The normalized spacial score (nSPS) is 17.4. The van der Waals surface area contributed by atoms with Crippen molar-refractivity contribution in [2.24, 2.45) is 5.73 Å². The summed E-state index contributed by atoms with van der Waals surface area (Å²) in [6, 6.07) is 6.87. The fraction of sp³-hybridized carbons (Fsp3) is 0.560. The van der Waals surface area contributed by atoms with Crippen LogP contribution in [0.1, 0.15) is 93.5 Å². The second kappa shape index (κ2) is 7.09. The number of carbonyl (C=O) groups is 1. The van der Waals surface area contributed by atoms with E-state index in [1.54, 1.807) is 0 Å². The van der Waals surface area contributed by atoms with Crippen LogP contribution in [0.15, 0.2) is 18.2 Å². The maximum absolute atomic E-state index is 12.0. The molecule has 0 saturated heterocycles. The number of aryl methyl sites for hydroxylation is 1. The first-order valence-electron chi connectivity index (χ1n) is 10.7. The van der Waals surface area contributed by atoms with Gasteiger partial charge in [0.25, 0.3) is 5.91 Å². The summed E-state index contributed by atoms with van der Waals surface area (Å²) in [5, 5.41) is 0. The first kappa shape index (κ1) is 20.7. The number of aromatic nitrogens is 1. The van der Waals surface area contributed by atoms with Crippen molar-refractivity contribution in [3.05, 3.63) is 46.1 Å². The number of nitrogens with two attached hydrogens (primary N) is 1. The van der Waals surface area contributed by atoms with Crippen LogP contribution >= 0.6 is 0 Å². The molecule has 0 aliphatic heterocycles. The molecular weight excluding hydrogens is 344 g/mol. The Bertz CT molecular complexity index is 915. The van der Waals surface area contributed by atoms with Crippen molar-refractivity contribution >= 4 is 5.91 Å². The van der Waals surface area contributed by atoms with E-state index in [4.69, 9.17) is 5.73 Å². The van der Waals surface area contributed by atoms with Crippen LogP contribution in [-0.4, -0.2) is 10.5 Å². The highest BCUT2D eigenvalue weighted by Crippen LogP contribution is 2.48. The number of rotatable bonds is 5. The third kappa shape index (κ3) is 3.29. The third-order valence-corrected chi connectivity index (χ3v) is 6.81. The Hall–Kier alpha value is -2.03. The predicted molar refractivity (Wildman–Crippen MR) is 118 cm³/mol. The molecule has 0 bridgehead atoms. The van der Waals surface area contributed by atoms with Gasteiger partial charge >= 0.3 is 0 Å². The monoisotopic (exact) mass is 380 g/mol. The second-order valence-corrected chi connectivity index (χ2v) is 9.72. The molecule has 3 rings (SSSR count). The zero-order valence-electron chi connectivity index (χ0n) is 18.7. The van der Waals surface area contributed by atoms with E-state index in [2.05, 4.69) is 58.2 Å². The summed E-state index contributed by atoms with van der Waals surface area (Å²) in [5.74, 6) is -0.342. The molecule has 2 N–H and O–H groups in total. The van der Waals surface area contributed by atoms with Gasteiger partial charge in [-0.15, -0.1) is 0 Å². The van der Waals surface area contributed by atoms with Gasteiger partial charge in [-0.25, -0.2) is 0 Å². The van der Waals surface area contributed by atoms with Crippen LogP contribution < -0.4 is 5.73 Å². The first-order chi connectivity index (χ1) is 13.0. The smallest absolute Gasteiger partial charge is 0.250 e. The molecule has 1 heterocycles. The lowest BCUT2D eigenvalue weighted by Gasteiger charge is -2.42. The fourth-order valence-electron chi connectivity index (χ4n) is 4.82. The molecule has 0 atom stereocenters. The molecule has 1 aliphatic rings. The molecule has 152 valence electrons. The predicted octanol–water partition coefficient (Wildman–Crippen LogP) is 5.88. The number of fused-ring (bicyclic) bond motifs is 1. The van der Waals surface area contributed by atoms with E-state index in [1.807, 2.05) is 13.0 Å². The molecule has 0 radical (unpaired) electrons. The standard InChI is InChI=1S/C25H36N2O/c1-8-12-27-16(3)18(23(26)28)15-22(27)19-14-21-20(13-17(19)9-2)24(4,5)10-11-25(21,6)7/h13-15H,8-12H2,1-7H3,(H2,26,28). The first-order valence-corrected chi connectivity index (χ1v) is 10.7. The molecule has 1 aliphatic carbocycles. The molecule has 3 nitrogen and oxygen atoms in total. The number of hydrogen-bond acceptors (Lipinski definition) is 1. The van der Waals surface area contributed by atoms with Gasteiger partial charge in [-0.05, 0) is 72.3 Å².